The molecule has 0 unspecified atom stereocenters. The van der Waals surface area contributed by atoms with Crippen molar-refractivity contribution >= 4 is 46.7 Å². The zero-order valence-electron chi connectivity index (χ0n) is 13.6. The summed E-state index contributed by atoms with van der Waals surface area (Å²) in [6, 6.07) is 3.42. The monoisotopic (exact) mass is 397 g/mol. The van der Waals surface area contributed by atoms with Gasteiger partial charge in [0, 0.05) is 28.2 Å². The minimum Gasteiger partial charge on any atom is -0.495 e. The molecule has 0 spiro atoms. The zero-order valence-corrected chi connectivity index (χ0v) is 16.0. The Morgan fingerprint density at radius 2 is 2.28 bits per heavy atom. The highest BCUT2D eigenvalue weighted by molar-refractivity contribution is 7.99. The molecule has 0 bridgehead atoms. The van der Waals surface area contributed by atoms with E-state index in [1.54, 1.807) is 23.9 Å². The fraction of sp³-hybridized carbons (Fsp3) is 0.312. The number of halogens is 1. The largest absolute Gasteiger partial charge is 0.495 e. The summed E-state index contributed by atoms with van der Waals surface area (Å²) < 4.78 is 5.24. The van der Waals surface area contributed by atoms with E-state index in [2.05, 4.69) is 15.3 Å². The highest BCUT2D eigenvalue weighted by Gasteiger charge is 2.18. The third-order valence-corrected chi connectivity index (χ3v) is 5.91. The molecule has 0 fully saturated rings. The second-order valence-corrected chi connectivity index (χ2v) is 7.78. The van der Waals surface area contributed by atoms with Crippen LogP contribution in [0, 0.1) is 6.92 Å². The molecule has 1 aliphatic rings. The second-order valence-electron chi connectivity index (χ2n) is 5.43. The molecule has 25 heavy (non-hydrogen) atoms. The van der Waals surface area contributed by atoms with Crippen LogP contribution in [-0.4, -0.2) is 28.7 Å². The first kappa shape index (κ1) is 18.2. The number of fused-ring (bicyclic) bond motifs is 1. The molecule has 2 aromatic rings. The number of thioether (sulfide) groups is 2. The summed E-state index contributed by atoms with van der Waals surface area (Å²) in [7, 11) is 1.52. The SMILES string of the molecule is COc1cc(Cl)c(C)cc1NC(=O)CSc1nc2c(c(=O)[nH]1)CSC2. The fourth-order valence-electron chi connectivity index (χ4n) is 2.36. The smallest absolute Gasteiger partial charge is 0.255 e. The van der Waals surface area contributed by atoms with Gasteiger partial charge in [-0.2, -0.15) is 11.8 Å². The summed E-state index contributed by atoms with van der Waals surface area (Å²) in [5, 5.41) is 3.83. The Kier molecular flexibility index (Phi) is 5.61. The lowest BCUT2D eigenvalue weighted by atomic mass is 10.2. The first-order chi connectivity index (χ1) is 12.0. The van der Waals surface area contributed by atoms with Crippen LogP contribution in [0.3, 0.4) is 0 Å². The molecule has 0 aliphatic carbocycles. The molecule has 132 valence electrons. The number of benzene rings is 1. The van der Waals surface area contributed by atoms with Crippen molar-refractivity contribution < 1.29 is 9.53 Å². The van der Waals surface area contributed by atoms with E-state index in [0.29, 0.717) is 27.4 Å². The molecule has 0 radical (unpaired) electrons. The predicted octanol–water partition coefficient (Wildman–Crippen LogP) is 3.22. The number of aromatic amines is 1. The summed E-state index contributed by atoms with van der Waals surface area (Å²) in [6.07, 6.45) is 0. The number of methoxy groups -OCH3 is 1. The molecule has 0 saturated carbocycles. The van der Waals surface area contributed by atoms with Crippen molar-refractivity contribution in [3.8, 4) is 5.75 Å². The lowest BCUT2D eigenvalue weighted by Crippen LogP contribution is -2.18. The standard InChI is InChI=1S/C16H16ClN3O3S2/c1-8-3-11(13(23-2)4-10(8)17)18-14(21)7-25-16-19-12-6-24-5-9(12)15(22)20-16/h3-4H,5-7H2,1-2H3,(H,18,21)(H,19,20,22). The van der Waals surface area contributed by atoms with Crippen molar-refractivity contribution in [3.05, 3.63) is 44.3 Å². The fourth-order valence-corrected chi connectivity index (χ4v) is 4.23. The average molecular weight is 398 g/mol. The number of ether oxygens (including phenoxy) is 1. The van der Waals surface area contributed by atoms with Crippen LogP contribution in [0.4, 0.5) is 5.69 Å². The maximum absolute atomic E-state index is 12.2. The Morgan fingerprint density at radius 3 is 3.04 bits per heavy atom. The van der Waals surface area contributed by atoms with Crippen molar-refractivity contribution in [3.63, 3.8) is 0 Å². The number of hydrogen-bond acceptors (Lipinski definition) is 6. The van der Waals surface area contributed by atoms with Crippen molar-refractivity contribution in [1.29, 1.82) is 0 Å². The Bertz CT molecular complexity index is 886. The summed E-state index contributed by atoms with van der Waals surface area (Å²) in [4.78, 5) is 31.3. The van der Waals surface area contributed by atoms with Gasteiger partial charge in [-0.25, -0.2) is 4.98 Å². The van der Waals surface area contributed by atoms with Crippen LogP contribution in [0.2, 0.25) is 5.02 Å². The highest BCUT2D eigenvalue weighted by Crippen LogP contribution is 2.31. The average Bonchev–Trinajstić information content (AvgIpc) is 3.05. The first-order valence-electron chi connectivity index (χ1n) is 7.44. The van der Waals surface area contributed by atoms with Gasteiger partial charge >= 0.3 is 0 Å². The van der Waals surface area contributed by atoms with Gasteiger partial charge in [-0.15, -0.1) is 0 Å². The molecule has 0 atom stereocenters. The van der Waals surface area contributed by atoms with Gasteiger partial charge in [0.25, 0.3) is 5.56 Å². The minimum atomic E-state index is -0.220. The zero-order chi connectivity index (χ0) is 18.0. The maximum atomic E-state index is 12.2. The third kappa shape index (κ3) is 4.13. The van der Waals surface area contributed by atoms with Gasteiger partial charge in [-0.05, 0) is 18.6 Å². The number of aryl methyl sites for hydroxylation is 1. The maximum Gasteiger partial charge on any atom is 0.255 e. The number of amides is 1. The van der Waals surface area contributed by atoms with E-state index < -0.39 is 0 Å². The second kappa shape index (κ2) is 7.72. The van der Waals surface area contributed by atoms with Crippen LogP contribution in [-0.2, 0) is 16.3 Å². The predicted molar refractivity (Wildman–Crippen MR) is 102 cm³/mol. The van der Waals surface area contributed by atoms with Gasteiger partial charge in [0.1, 0.15) is 5.75 Å². The van der Waals surface area contributed by atoms with Gasteiger partial charge in [-0.1, -0.05) is 23.4 Å². The van der Waals surface area contributed by atoms with Gasteiger partial charge in [-0.3, -0.25) is 9.59 Å². The molecular formula is C16H16ClN3O3S2. The highest BCUT2D eigenvalue weighted by atomic mass is 35.5. The van der Waals surface area contributed by atoms with E-state index >= 15 is 0 Å². The van der Waals surface area contributed by atoms with Crippen LogP contribution >= 0.6 is 35.1 Å². The van der Waals surface area contributed by atoms with Gasteiger partial charge in [0.2, 0.25) is 5.91 Å². The van der Waals surface area contributed by atoms with E-state index in [-0.39, 0.29) is 17.2 Å². The van der Waals surface area contributed by atoms with E-state index in [4.69, 9.17) is 16.3 Å². The topological polar surface area (TPSA) is 84.1 Å². The van der Waals surface area contributed by atoms with E-state index in [1.165, 1.54) is 18.9 Å². The summed E-state index contributed by atoms with van der Waals surface area (Å²) in [5.74, 6) is 1.83. The molecule has 1 aromatic heterocycles. The van der Waals surface area contributed by atoms with E-state index in [0.717, 1.165) is 22.6 Å². The number of H-pyrrole nitrogens is 1. The lowest BCUT2D eigenvalue weighted by molar-refractivity contribution is -0.113. The quantitative estimate of drug-likeness (QED) is 0.595. The molecule has 6 nitrogen and oxygen atoms in total. The van der Waals surface area contributed by atoms with Gasteiger partial charge < -0.3 is 15.0 Å². The number of nitrogens with zero attached hydrogens (tertiary/aromatic N) is 1. The Labute approximate surface area is 158 Å². The van der Waals surface area contributed by atoms with Crippen molar-refractivity contribution in [1.82, 2.24) is 9.97 Å². The Balaban J connectivity index is 1.67. The van der Waals surface area contributed by atoms with Crippen molar-refractivity contribution in [2.24, 2.45) is 0 Å². The molecule has 0 saturated heterocycles. The normalized spacial score (nSPS) is 12.8. The van der Waals surface area contributed by atoms with Gasteiger partial charge in [0.15, 0.2) is 5.16 Å². The summed E-state index contributed by atoms with van der Waals surface area (Å²) in [5.41, 5.74) is 2.83. The van der Waals surface area contributed by atoms with E-state index in [9.17, 15) is 9.59 Å². The van der Waals surface area contributed by atoms with Crippen LogP contribution in [0.25, 0.3) is 0 Å². The molecule has 2 N–H and O–H groups in total. The number of carbonyl (C=O) groups is 1. The number of hydrogen-bond donors (Lipinski definition) is 2. The number of nitrogens with one attached hydrogen (secondary N) is 2. The van der Waals surface area contributed by atoms with Crippen molar-refractivity contribution in [2.45, 2.75) is 23.6 Å². The lowest BCUT2D eigenvalue weighted by Gasteiger charge is -2.12. The minimum absolute atomic E-state index is 0.118. The number of aromatic nitrogens is 2. The third-order valence-electron chi connectivity index (χ3n) is 3.66. The number of rotatable bonds is 5. The molecular weight excluding hydrogens is 382 g/mol. The molecule has 3 rings (SSSR count). The van der Waals surface area contributed by atoms with E-state index in [1.807, 2.05) is 6.92 Å². The molecule has 1 aliphatic heterocycles. The summed E-state index contributed by atoms with van der Waals surface area (Å²) in [6.45, 7) is 1.85. The Hall–Kier alpha value is -1.64. The molecule has 1 aromatic carbocycles. The number of anilines is 1. The molecule has 9 heteroatoms. The van der Waals surface area contributed by atoms with Crippen LogP contribution < -0.4 is 15.6 Å². The molecule has 2 heterocycles. The summed E-state index contributed by atoms with van der Waals surface area (Å²) >= 11 is 8.92. The molecule has 1 amide bonds. The Morgan fingerprint density at radius 1 is 1.48 bits per heavy atom. The number of carbonyl (C=O) groups excluding carboxylic acids is 1. The van der Waals surface area contributed by atoms with Crippen LogP contribution in [0.1, 0.15) is 16.8 Å². The first-order valence-corrected chi connectivity index (χ1v) is 9.96. The van der Waals surface area contributed by atoms with Crippen molar-refractivity contribution in [2.75, 3.05) is 18.2 Å². The van der Waals surface area contributed by atoms with Crippen LogP contribution in [0.5, 0.6) is 5.75 Å². The van der Waals surface area contributed by atoms with Gasteiger partial charge in [0.05, 0.1) is 24.2 Å². The van der Waals surface area contributed by atoms with Crippen LogP contribution in [0.15, 0.2) is 22.1 Å².